The molecule has 0 spiro atoms. The summed E-state index contributed by atoms with van der Waals surface area (Å²) in [4.78, 5) is 14.5. The number of oxazole rings is 1. The number of halogens is 3. The van der Waals surface area contributed by atoms with E-state index < -0.39 is 23.3 Å². The second-order valence-electron chi connectivity index (χ2n) is 4.50. The van der Waals surface area contributed by atoms with Crippen LogP contribution in [0.4, 0.5) is 13.2 Å². The molecule has 0 bridgehead atoms. The number of hydrogen-bond acceptors (Lipinski definition) is 3. The Balaban J connectivity index is 3.38. The van der Waals surface area contributed by atoms with E-state index in [0.717, 1.165) is 6.92 Å². The molecule has 0 unspecified atom stereocenters. The first kappa shape index (κ1) is 12.7. The summed E-state index contributed by atoms with van der Waals surface area (Å²) >= 11 is 0. The molecule has 0 fully saturated rings. The Bertz CT molecular complexity index is 413. The van der Waals surface area contributed by atoms with Crippen molar-refractivity contribution in [2.45, 2.75) is 39.3 Å². The Morgan fingerprint density at radius 3 is 2.00 bits per heavy atom. The molecule has 0 aliphatic rings. The number of carbonyl (C=O) groups is 1. The lowest BCUT2D eigenvalue weighted by Gasteiger charge is -2.15. The van der Waals surface area contributed by atoms with E-state index in [1.165, 1.54) is 0 Å². The smallest absolute Gasteiger partial charge is 0.429 e. The monoisotopic (exact) mass is 235 g/mol. The normalized spacial score (nSPS) is 12.9. The third-order valence-electron chi connectivity index (χ3n) is 1.90. The van der Waals surface area contributed by atoms with Gasteiger partial charge in [-0.25, -0.2) is 4.98 Å². The van der Waals surface area contributed by atoms with Crippen LogP contribution < -0.4 is 0 Å². The predicted molar refractivity (Wildman–Crippen MR) is 50.2 cm³/mol. The van der Waals surface area contributed by atoms with Crippen molar-refractivity contribution in [2.24, 2.45) is 0 Å². The molecule has 0 N–H and O–H groups in total. The van der Waals surface area contributed by atoms with E-state index in [4.69, 9.17) is 0 Å². The van der Waals surface area contributed by atoms with E-state index >= 15 is 0 Å². The molecule has 0 aliphatic heterocycles. The zero-order chi connectivity index (χ0) is 12.7. The van der Waals surface area contributed by atoms with Gasteiger partial charge >= 0.3 is 12.1 Å². The Kier molecular flexibility index (Phi) is 2.87. The maximum absolute atomic E-state index is 12.4. The topological polar surface area (TPSA) is 43.1 Å². The molecule has 0 saturated heterocycles. The summed E-state index contributed by atoms with van der Waals surface area (Å²) in [5.74, 6) is -2.25. The molecule has 0 aliphatic carbocycles. The number of nitrogens with zero attached hydrogens (tertiary/aromatic N) is 1. The van der Waals surface area contributed by atoms with Crippen molar-refractivity contribution in [3.05, 3.63) is 17.3 Å². The van der Waals surface area contributed by atoms with Crippen molar-refractivity contribution in [1.82, 2.24) is 4.98 Å². The predicted octanol–water partition coefficient (Wildman–Crippen LogP) is 3.19. The fourth-order valence-corrected chi connectivity index (χ4v) is 1.19. The first-order chi connectivity index (χ1) is 7.03. The van der Waals surface area contributed by atoms with Gasteiger partial charge in [-0.15, -0.1) is 0 Å². The minimum atomic E-state index is -4.67. The van der Waals surface area contributed by atoms with E-state index in [1.54, 1.807) is 20.8 Å². The van der Waals surface area contributed by atoms with Gasteiger partial charge in [0.1, 0.15) is 0 Å². The van der Waals surface area contributed by atoms with Gasteiger partial charge in [-0.3, -0.25) is 4.79 Å². The molecule has 0 saturated carbocycles. The zero-order valence-electron chi connectivity index (χ0n) is 9.40. The summed E-state index contributed by atoms with van der Waals surface area (Å²) in [6, 6.07) is 0. The van der Waals surface area contributed by atoms with Crippen molar-refractivity contribution in [1.29, 1.82) is 0 Å². The van der Waals surface area contributed by atoms with Crippen molar-refractivity contribution >= 4 is 5.78 Å². The summed E-state index contributed by atoms with van der Waals surface area (Å²) < 4.78 is 41.6. The van der Waals surface area contributed by atoms with Crippen LogP contribution in [0.25, 0.3) is 0 Å². The lowest BCUT2D eigenvalue weighted by molar-refractivity contribution is -0.157. The highest BCUT2D eigenvalue weighted by Gasteiger charge is 2.40. The average Bonchev–Trinajstić information content (AvgIpc) is 2.44. The van der Waals surface area contributed by atoms with Gasteiger partial charge in [-0.05, 0) is 0 Å². The number of ketones is 1. The summed E-state index contributed by atoms with van der Waals surface area (Å²) in [7, 11) is 0. The summed E-state index contributed by atoms with van der Waals surface area (Å²) in [6.45, 7) is 6.14. The number of Topliss-reactive ketones (excluding diaryl/α,β-unsaturated/α-hetero) is 1. The van der Waals surface area contributed by atoms with Crippen LogP contribution in [0.5, 0.6) is 0 Å². The van der Waals surface area contributed by atoms with Crippen molar-refractivity contribution in [3.8, 4) is 0 Å². The SMILES string of the molecule is CC(=O)c1oc(C(F)(F)F)nc1C(C)(C)C. The van der Waals surface area contributed by atoms with Crippen LogP contribution in [0.2, 0.25) is 0 Å². The standard InChI is InChI=1S/C10H12F3NO2/c1-5(15)6-7(9(2,3)4)14-8(16-6)10(11,12)13/h1-4H3. The molecule has 6 heteroatoms. The molecular weight excluding hydrogens is 223 g/mol. The van der Waals surface area contributed by atoms with Gasteiger partial charge in [-0.1, -0.05) is 20.8 Å². The number of alkyl halides is 3. The number of hydrogen-bond donors (Lipinski definition) is 0. The first-order valence-corrected chi connectivity index (χ1v) is 4.63. The number of carbonyl (C=O) groups excluding carboxylic acids is 1. The lowest BCUT2D eigenvalue weighted by Crippen LogP contribution is -2.16. The molecule has 0 atom stereocenters. The molecular formula is C10H12F3NO2. The minimum Gasteiger partial charge on any atom is -0.429 e. The molecule has 3 nitrogen and oxygen atoms in total. The van der Waals surface area contributed by atoms with Crippen LogP contribution >= 0.6 is 0 Å². The van der Waals surface area contributed by atoms with Gasteiger partial charge in [0.2, 0.25) is 0 Å². The van der Waals surface area contributed by atoms with Crippen LogP contribution in [-0.4, -0.2) is 10.8 Å². The van der Waals surface area contributed by atoms with Gasteiger partial charge in [0.25, 0.3) is 0 Å². The van der Waals surface area contributed by atoms with Crippen molar-refractivity contribution in [3.63, 3.8) is 0 Å². The van der Waals surface area contributed by atoms with Gasteiger partial charge in [-0.2, -0.15) is 13.2 Å². The van der Waals surface area contributed by atoms with E-state index in [1.807, 2.05) is 0 Å². The van der Waals surface area contributed by atoms with E-state index in [0.29, 0.717) is 0 Å². The van der Waals surface area contributed by atoms with E-state index in [9.17, 15) is 18.0 Å². The van der Waals surface area contributed by atoms with Gasteiger partial charge in [0.15, 0.2) is 11.5 Å². The molecule has 0 radical (unpaired) electrons. The Morgan fingerprint density at radius 2 is 1.75 bits per heavy atom. The molecule has 1 rings (SSSR count). The molecule has 1 aromatic rings. The van der Waals surface area contributed by atoms with Crippen LogP contribution in [0, 0.1) is 0 Å². The average molecular weight is 235 g/mol. The van der Waals surface area contributed by atoms with Gasteiger partial charge in [0.05, 0.1) is 5.69 Å². The fraction of sp³-hybridized carbons (Fsp3) is 0.600. The second-order valence-corrected chi connectivity index (χ2v) is 4.50. The third-order valence-corrected chi connectivity index (χ3v) is 1.90. The largest absolute Gasteiger partial charge is 0.468 e. The zero-order valence-corrected chi connectivity index (χ0v) is 9.40. The van der Waals surface area contributed by atoms with Crippen LogP contribution in [0.3, 0.4) is 0 Å². The Morgan fingerprint density at radius 1 is 1.25 bits per heavy atom. The maximum atomic E-state index is 12.4. The molecule has 0 amide bonds. The summed E-state index contributed by atoms with van der Waals surface area (Å²) in [6.07, 6.45) is -4.67. The molecule has 1 heterocycles. The van der Waals surface area contributed by atoms with Crippen LogP contribution in [-0.2, 0) is 11.6 Å². The molecule has 16 heavy (non-hydrogen) atoms. The maximum Gasteiger partial charge on any atom is 0.468 e. The fourth-order valence-electron chi connectivity index (χ4n) is 1.19. The highest BCUT2D eigenvalue weighted by Crippen LogP contribution is 2.34. The Labute approximate surface area is 90.7 Å². The Hall–Kier alpha value is -1.33. The first-order valence-electron chi connectivity index (χ1n) is 4.63. The molecule has 90 valence electrons. The summed E-state index contributed by atoms with van der Waals surface area (Å²) in [5.41, 5.74) is -0.638. The van der Waals surface area contributed by atoms with E-state index in [-0.39, 0.29) is 11.5 Å². The second kappa shape index (κ2) is 3.61. The summed E-state index contributed by atoms with van der Waals surface area (Å²) in [5, 5.41) is 0. The van der Waals surface area contributed by atoms with Crippen LogP contribution in [0.15, 0.2) is 4.42 Å². The lowest BCUT2D eigenvalue weighted by atomic mass is 9.90. The van der Waals surface area contributed by atoms with Gasteiger partial charge in [0, 0.05) is 12.3 Å². The van der Waals surface area contributed by atoms with Gasteiger partial charge < -0.3 is 4.42 Å². The third kappa shape index (κ3) is 2.43. The highest BCUT2D eigenvalue weighted by atomic mass is 19.4. The quantitative estimate of drug-likeness (QED) is 0.702. The molecule has 1 aromatic heterocycles. The van der Waals surface area contributed by atoms with Crippen LogP contribution in [0.1, 0.15) is 49.8 Å². The molecule has 0 aromatic carbocycles. The van der Waals surface area contributed by atoms with E-state index in [2.05, 4.69) is 9.40 Å². The van der Waals surface area contributed by atoms with Crippen molar-refractivity contribution < 1.29 is 22.4 Å². The number of aromatic nitrogens is 1. The van der Waals surface area contributed by atoms with Crippen molar-refractivity contribution in [2.75, 3.05) is 0 Å². The highest BCUT2D eigenvalue weighted by molar-refractivity contribution is 5.92. The number of rotatable bonds is 1. The minimum absolute atomic E-state index is 0.0346.